The van der Waals surface area contributed by atoms with Crippen molar-refractivity contribution in [3.63, 3.8) is 0 Å². The Morgan fingerprint density at radius 2 is 0.953 bits per heavy atom. The normalized spacial score (nSPS) is 31.3. The second-order valence-corrected chi connectivity index (χ2v) is 13.1. The van der Waals surface area contributed by atoms with Gasteiger partial charge < -0.3 is 25.1 Å². The SMILES string of the molecule is C.C.C.CC1CCC(C=O)CC1.CC1CCC(CO)CC1.COC(=O)C1CCC(C)CC1.COC(=O)C1CCC(N)CC1. The molecule has 0 amide bonds. The summed E-state index contributed by atoms with van der Waals surface area (Å²) in [6, 6.07) is 0.302. The van der Waals surface area contributed by atoms with Crippen molar-refractivity contribution in [1.29, 1.82) is 0 Å². The molecule has 0 unspecified atom stereocenters. The second kappa shape index (κ2) is 26.9. The van der Waals surface area contributed by atoms with E-state index in [4.69, 9.17) is 10.8 Å². The standard InChI is InChI=1S/C9H16O2.C8H15NO2.C8H16O.C8H14O.3CH4/c1-7-3-5-8(6-4-7)9(10)11-2;1-11-8(10)6-2-4-7(9)5-3-6;2*1-7-2-4-8(6-9)5-3-7;;;/h7-8H,3-6H2,1-2H3;6-7H,2-5,9H2,1H3;7-9H,2-6H2,1H3;6-8H,2-5H2,1H3;3*1H4. The molecule has 0 aliphatic heterocycles. The van der Waals surface area contributed by atoms with Crippen molar-refractivity contribution in [2.75, 3.05) is 20.8 Å². The molecule has 4 saturated carbocycles. The van der Waals surface area contributed by atoms with Gasteiger partial charge in [0.1, 0.15) is 6.29 Å². The molecule has 7 heteroatoms. The molecular weight excluding hydrogens is 542 g/mol. The van der Waals surface area contributed by atoms with Crippen molar-refractivity contribution in [1.82, 2.24) is 0 Å². The van der Waals surface area contributed by atoms with Crippen LogP contribution in [-0.4, -0.2) is 50.2 Å². The van der Waals surface area contributed by atoms with Crippen molar-refractivity contribution in [3.8, 4) is 0 Å². The zero-order valence-corrected chi connectivity index (χ0v) is 26.3. The summed E-state index contributed by atoms with van der Waals surface area (Å²) in [7, 11) is 2.91. The largest absolute Gasteiger partial charge is 0.469 e. The van der Waals surface area contributed by atoms with Crippen LogP contribution in [0.25, 0.3) is 0 Å². The van der Waals surface area contributed by atoms with Gasteiger partial charge in [0.25, 0.3) is 0 Å². The molecule has 0 radical (unpaired) electrons. The van der Waals surface area contributed by atoms with E-state index in [1.54, 1.807) is 0 Å². The van der Waals surface area contributed by atoms with E-state index in [0.29, 0.717) is 24.5 Å². The molecule has 0 aromatic carbocycles. The minimum Gasteiger partial charge on any atom is -0.469 e. The number of ether oxygens (including phenoxy) is 2. The van der Waals surface area contributed by atoms with E-state index < -0.39 is 0 Å². The lowest BCUT2D eigenvalue weighted by molar-refractivity contribution is -0.147. The Morgan fingerprint density at radius 3 is 1.28 bits per heavy atom. The van der Waals surface area contributed by atoms with Gasteiger partial charge in [0, 0.05) is 18.6 Å². The van der Waals surface area contributed by atoms with E-state index in [-0.39, 0.29) is 46.1 Å². The average Bonchev–Trinajstić information content (AvgIpc) is 2.99. The van der Waals surface area contributed by atoms with Crippen LogP contribution in [-0.2, 0) is 23.9 Å². The molecule has 4 aliphatic rings. The maximum atomic E-state index is 11.1. The lowest BCUT2D eigenvalue weighted by Crippen LogP contribution is -2.30. The lowest BCUT2D eigenvalue weighted by atomic mass is 9.83. The summed E-state index contributed by atoms with van der Waals surface area (Å²) < 4.78 is 9.33. The van der Waals surface area contributed by atoms with Crippen LogP contribution in [0.15, 0.2) is 0 Å². The third kappa shape index (κ3) is 20.2. The average molecular weight is 616 g/mol. The molecule has 0 aromatic heterocycles. The van der Waals surface area contributed by atoms with Gasteiger partial charge in [0.15, 0.2) is 0 Å². The van der Waals surface area contributed by atoms with E-state index in [1.165, 1.54) is 65.6 Å². The van der Waals surface area contributed by atoms with Gasteiger partial charge in [0.2, 0.25) is 0 Å². The Morgan fingerprint density at radius 1 is 0.628 bits per heavy atom. The monoisotopic (exact) mass is 616 g/mol. The quantitative estimate of drug-likeness (QED) is 0.241. The predicted octanol–water partition coefficient (Wildman–Crippen LogP) is 8.39. The molecule has 0 aromatic rings. The van der Waals surface area contributed by atoms with Crippen molar-refractivity contribution >= 4 is 18.2 Å². The first-order valence-electron chi connectivity index (χ1n) is 16.1. The summed E-state index contributed by atoms with van der Waals surface area (Å²) in [6.45, 7) is 7.22. The van der Waals surface area contributed by atoms with Crippen molar-refractivity contribution in [3.05, 3.63) is 0 Å². The first-order valence-corrected chi connectivity index (χ1v) is 16.1. The highest BCUT2D eigenvalue weighted by molar-refractivity contribution is 5.72. The van der Waals surface area contributed by atoms with Crippen LogP contribution >= 0.6 is 0 Å². The summed E-state index contributed by atoms with van der Waals surface area (Å²) in [4.78, 5) is 32.3. The third-order valence-corrected chi connectivity index (χ3v) is 9.50. The van der Waals surface area contributed by atoms with E-state index >= 15 is 0 Å². The molecule has 0 bridgehead atoms. The van der Waals surface area contributed by atoms with Gasteiger partial charge in [-0.1, -0.05) is 68.7 Å². The van der Waals surface area contributed by atoms with Crippen molar-refractivity contribution in [2.24, 2.45) is 47.2 Å². The first-order chi connectivity index (χ1) is 19.1. The van der Waals surface area contributed by atoms with Crippen LogP contribution < -0.4 is 5.73 Å². The highest BCUT2D eigenvalue weighted by Crippen LogP contribution is 2.29. The topological polar surface area (TPSA) is 116 Å². The number of aliphatic hydroxyl groups is 1. The number of aliphatic hydroxyl groups excluding tert-OH is 1. The van der Waals surface area contributed by atoms with Gasteiger partial charge >= 0.3 is 11.9 Å². The van der Waals surface area contributed by atoms with Crippen LogP contribution in [0.4, 0.5) is 0 Å². The molecule has 4 aliphatic carbocycles. The van der Waals surface area contributed by atoms with Gasteiger partial charge in [-0.3, -0.25) is 9.59 Å². The Labute approximate surface area is 266 Å². The summed E-state index contributed by atoms with van der Waals surface area (Å²) in [5.41, 5.74) is 5.69. The number of nitrogens with two attached hydrogens (primary N) is 1. The zero-order valence-electron chi connectivity index (χ0n) is 26.3. The van der Waals surface area contributed by atoms with Crippen LogP contribution in [0.5, 0.6) is 0 Å². The zero-order chi connectivity index (χ0) is 29.9. The fraction of sp³-hybridized carbons (Fsp3) is 0.917. The number of hydrogen-bond donors (Lipinski definition) is 2. The molecule has 4 rings (SSSR count). The number of hydrogen-bond acceptors (Lipinski definition) is 7. The maximum absolute atomic E-state index is 11.1. The summed E-state index contributed by atoms with van der Waals surface area (Å²) in [6.07, 6.45) is 19.1. The summed E-state index contributed by atoms with van der Waals surface area (Å²) in [5, 5.41) is 8.78. The molecule has 7 nitrogen and oxygen atoms in total. The van der Waals surface area contributed by atoms with Crippen molar-refractivity contribution in [2.45, 2.75) is 152 Å². The Hall–Kier alpha value is -1.47. The minimum absolute atomic E-state index is 0. The summed E-state index contributed by atoms with van der Waals surface area (Å²) in [5.74, 6) is 3.80. The van der Waals surface area contributed by atoms with Gasteiger partial charge in [-0.2, -0.15) is 0 Å². The number of carbonyl (C=O) groups is 3. The highest BCUT2D eigenvalue weighted by Gasteiger charge is 2.25. The molecule has 0 heterocycles. The molecule has 3 N–H and O–H groups in total. The van der Waals surface area contributed by atoms with Crippen LogP contribution in [0.2, 0.25) is 0 Å². The number of rotatable bonds is 4. The number of esters is 2. The lowest BCUT2D eigenvalue weighted by Gasteiger charge is -2.23. The molecule has 258 valence electrons. The number of carbonyl (C=O) groups excluding carboxylic acids is 3. The van der Waals surface area contributed by atoms with Crippen LogP contribution in [0, 0.1) is 41.4 Å². The smallest absolute Gasteiger partial charge is 0.308 e. The number of methoxy groups -OCH3 is 2. The predicted molar refractivity (Wildman–Crippen MR) is 181 cm³/mol. The molecular formula is C36H73NO6. The fourth-order valence-corrected chi connectivity index (χ4v) is 6.12. The maximum Gasteiger partial charge on any atom is 0.308 e. The Balaban J connectivity index is -0.000000487. The summed E-state index contributed by atoms with van der Waals surface area (Å²) >= 11 is 0. The van der Waals surface area contributed by atoms with Gasteiger partial charge in [-0.25, -0.2) is 0 Å². The second-order valence-electron chi connectivity index (χ2n) is 13.1. The minimum atomic E-state index is -0.0723. The van der Waals surface area contributed by atoms with Crippen LogP contribution in [0.1, 0.15) is 146 Å². The Kier molecular flexibility index (Phi) is 28.7. The van der Waals surface area contributed by atoms with Crippen molar-refractivity contribution < 1.29 is 29.0 Å². The first kappa shape index (κ1) is 46.0. The molecule has 0 atom stereocenters. The van der Waals surface area contributed by atoms with Crippen LogP contribution in [0.3, 0.4) is 0 Å². The molecule has 4 fully saturated rings. The highest BCUT2D eigenvalue weighted by atomic mass is 16.5. The van der Waals surface area contributed by atoms with E-state index in [2.05, 4.69) is 30.2 Å². The van der Waals surface area contributed by atoms with Gasteiger partial charge in [0.05, 0.1) is 26.1 Å². The Bertz CT molecular complexity index is 635. The van der Waals surface area contributed by atoms with E-state index in [9.17, 15) is 14.4 Å². The van der Waals surface area contributed by atoms with E-state index in [0.717, 1.165) is 75.4 Å². The fourth-order valence-electron chi connectivity index (χ4n) is 6.12. The van der Waals surface area contributed by atoms with Gasteiger partial charge in [-0.15, -0.1) is 0 Å². The van der Waals surface area contributed by atoms with Gasteiger partial charge in [-0.05, 0) is 101 Å². The molecule has 0 saturated heterocycles. The number of aldehydes is 1. The molecule has 0 spiro atoms. The molecule has 43 heavy (non-hydrogen) atoms. The van der Waals surface area contributed by atoms with E-state index in [1.807, 2.05) is 0 Å². The third-order valence-electron chi connectivity index (χ3n) is 9.50.